The van der Waals surface area contributed by atoms with E-state index in [1.165, 1.54) is 6.07 Å². The van der Waals surface area contributed by atoms with Gasteiger partial charge in [0.25, 0.3) is 0 Å². The van der Waals surface area contributed by atoms with E-state index >= 15 is 0 Å². The molecule has 0 fully saturated rings. The van der Waals surface area contributed by atoms with Crippen LogP contribution < -0.4 is 0 Å². The summed E-state index contributed by atoms with van der Waals surface area (Å²) in [5.41, 5.74) is 0. The molecule has 0 saturated carbocycles. The van der Waals surface area contributed by atoms with E-state index < -0.39 is 12.4 Å². The fourth-order valence-corrected chi connectivity index (χ4v) is 0.0676. The van der Waals surface area contributed by atoms with Crippen molar-refractivity contribution in [3.63, 3.8) is 0 Å². The zero-order chi connectivity index (χ0) is 4.99. The molecule has 0 spiro atoms. The van der Waals surface area contributed by atoms with E-state index in [1.807, 2.05) is 0 Å². The van der Waals surface area contributed by atoms with E-state index in [0.29, 0.717) is 0 Å². The molecule has 0 heterocycles. The van der Waals surface area contributed by atoms with Crippen LogP contribution >= 0.6 is 0 Å². The third-order valence-electron chi connectivity index (χ3n) is 0.230. The van der Waals surface area contributed by atoms with Crippen LogP contribution in [-0.2, 0) is 4.79 Å². The van der Waals surface area contributed by atoms with Gasteiger partial charge in [-0.25, -0.2) is 0 Å². The van der Waals surface area contributed by atoms with E-state index in [2.05, 4.69) is 0 Å². The van der Waals surface area contributed by atoms with E-state index in [9.17, 15) is 4.79 Å². The first-order valence-corrected chi connectivity index (χ1v) is 1.36. The third-order valence-corrected chi connectivity index (χ3v) is 0.230. The van der Waals surface area contributed by atoms with Gasteiger partial charge < -0.3 is 5.11 Å². The van der Waals surface area contributed by atoms with Gasteiger partial charge in [0.2, 0.25) is 0 Å². The monoisotopic (exact) mass is 167 g/mol. The molecule has 0 aliphatic carbocycles. The molecular formula is C3H5NO2Se. The molecule has 0 aromatic rings. The summed E-state index contributed by atoms with van der Waals surface area (Å²) in [5, 5.41) is 15.3. The number of aliphatic carboxylic acids is 1. The summed E-state index contributed by atoms with van der Waals surface area (Å²) >= 11 is 0. The molecule has 0 atom stereocenters. The van der Waals surface area contributed by atoms with Crippen LogP contribution in [-0.4, -0.2) is 28.1 Å². The zero-order valence-corrected chi connectivity index (χ0v) is 5.61. The molecule has 0 radical (unpaired) electrons. The Labute approximate surface area is 51.4 Å². The summed E-state index contributed by atoms with van der Waals surface area (Å²) in [6.45, 7) is 0. The van der Waals surface area contributed by atoms with Crippen molar-refractivity contribution in [2.45, 2.75) is 6.42 Å². The second kappa shape index (κ2) is 5.48. The van der Waals surface area contributed by atoms with Crippen LogP contribution in [0.25, 0.3) is 0 Å². The Kier molecular flexibility index (Phi) is 7.59. The van der Waals surface area contributed by atoms with Crippen molar-refractivity contribution < 1.29 is 9.90 Å². The minimum absolute atomic E-state index is 0. The Balaban J connectivity index is 0. The van der Waals surface area contributed by atoms with Gasteiger partial charge in [0.15, 0.2) is 0 Å². The van der Waals surface area contributed by atoms with E-state index in [4.69, 9.17) is 10.4 Å². The van der Waals surface area contributed by atoms with Gasteiger partial charge >= 0.3 is 23.0 Å². The van der Waals surface area contributed by atoms with Crippen LogP contribution in [0.5, 0.6) is 0 Å². The number of nitriles is 1. The van der Waals surface area contributed by atoms with Crippen molar-refractivity contribution in [1.29, 1.82) is 5.26 Å². The predicted octanol–water partition coefficient (Wildman–Crippen LogP) is -0.932. The molecule has 0 amide bonds. The van der Waals surface area contributed by atoms with Crippen LogP contribution in [0.1, 0.15) is 6.42 Å². The molecular weight excluding hydrogens is 161 g/mol. The van der Waals surface area contributed by atoms with Gasteiger partial charge in [-0.15, -0.1) is 0 Å². The Morgan fingerprint density at radius 3 is 2.29 bits per heavy atom. The molecule has 4 heteroatoms. The fraction of sp³-hybridized carbons (Fsp3) is 0.333. The molecule has 0 aromatic carbocycles. The van der Waals surface area contributed by atoms with Gasteiger partial charge in [-0.3, -0.25) is 4.79 Å². The summed E-state index contributed by atoms with van der Waals surface area (Å²) in [6, 6.07) is 1.47. The van der Waals surface area contributed by atoms with Gasteiger partial charge in [0, 0.05) is 0 Å². The van der Waals surface area contributed by atoms with E-state index in [0.717, 1.165) is 0 Å². The number of rotatable bonds is 1. The first kappa shape index (κ1) is 9.70. The predicted molar refractivity (Wildman–Crippen MR) is 26.4 cm³/mol. The molecule has 3 nitrogen and oxygen atoms in total. The average molecular weight is 166 g/mol. The molecule has 40 valence electrons. The number of carboxylic acid groups (broad SMARTS) is 1. The maximum absolute atomic E-state index is 9.38. The van der Waals surface area contributed by atoms with Gasteiger partial charge in [-0.1, -0.05) is 0 Å². The molecule has 1 N–H and O–H groups in total. The van der Waals surface area contributed by atoms with Crippen LogP contribution in [0.4, 0.5) is 0 Å². The molecule has 0 rings (SSSR count). The molecule has 7 heavy (non-hydrogen) atoms. The second-order valence-electron chi connectivity index (χ2n) is 0.729. The SMILES string of the molecule is N#CCC(=O)O.[SeH2]. The summed E-state index contributed by atoms with van der Waals surface area (Å²) in [5.74, 6) is -1.07. The number of nitrogens with zero attached hydrogens (tertiary/aromatic N) is 1. The summed E-state index contributed by atoms with van der Waals surface area (Å²) < 4.78 is 0. The van der Waals surface area contributed by atoms with Crippen LogP contribution in [0, 0.1) is 11.3 Å². The Bertz CT molecular complexity index is 95.6. The summed E-state index contributed by atoms with van der Waals surface area (Å²) in [4.78, 5) is 9.38. The number of carbonyl (C=O) groups is 1. The van der Waals surface area contributed by atoms with Gasteiger partial charge in [0.05, 0.1) is 6.07 Å². The Morgan fingerprint density at radius 2 is 2.29 bits per heavy atom. The molecule has 0 bridgehead atoms. The summed E-state index contributed by atoms with van der Waals surface area (Å²) in [6.07, 6.45) is -0.403. The van der Waals surface area contributed by atoms with Crippen molar-refractivity contribution in [3.05, 3.63) is 0 Å². The first-order valence-electron chi connectivity index (χ1n) is 1.36. The topological polar surface area (TPSA) is 61.1 Å². The molecule has 0 aliphatic rings. The van der Waals surface area contributed by atoms with Crippen molar-refractivity contribution in [2.24, 2.45) is 0 Å². The Morgan fingerprint density at radius 1 is 1.86 bits per heavy atom. The van der Waals surface area contributed by atoms with Crippen LogP contribution in [0.2, 0.25) is 0 Å². The van der Waals surface area contributed by atoms with E-state index in [1.54, 1.807) is 0 Å². The molecule has 0 unspecified atom stereocenters. The summed E-state index contributed by atoms with van der Waals surface area (Å²) in [7, 11) is 0. The number of hydrogen-bond donors (Lipinski definition) is 1. The second-order valence-corrected chi connectivity index (χ2v) is 0.729. The maximum atomic E-state index is 9.38. The number of hydrogen-bond acceptors (Lipinski definition) is 2. The standard InChI is InChI=1S/C3H3NO2.H2Se/c4-2-1-3(5)6;/h1H2,(H,5,6);1H2. The van der Waals surface area contributed by atoms with Crippen molar-refractivity contribution in [2.75, 3.05) is 0 Å². The quantitative estimate of drug-likeness (QED) is 0.512. The zero-order valence-electron chi connectivity index (χ0n) is 3.51. The van der Waals surface area contributed by atoms with Crippen LogP contribution in [0.3, 0.4) is 0 Å². The van der Waals surface area contributed by atoms with Crippen molar-refractivity contribution in [1.82, 2.24) is 0 Å². The minimum atomic E-state index is -1.07. The average Bonchev–Trinajstić information content (AvgIpc) is 1.35. The Hall–Kier alpha value is -0.521. The molecule has 0 aromatic heterocycles. The third kappa shape index (κ3) is 10.8. The normalized spacial score (nSPS) is 5.57. The van der Waals surface area contributed by atoms with Crippen molar-refractivity contribution >= 4 is 23.0 Å². The van der Waals surface area contributed by atoms with E-state index in [-0.39, 0.29) is 17.1 Å². The van der Waals surface area contributed by atoms with Crippen molar-refractivity contribution in [3.8, 4) is 6.07 Å². The fourth-order valence-electron chi connectivity index (χ4n) is 0.0676. The first-order chi connectivity index (χ1) is 2.77. The molecule has 0 saturated heterocycles. The van der Waals surface area contributed by atoms with Gasteiger partial charge in [-0.2, -0.15) is 5.26 Å². The van der Waals surface area contributed by atoms with Crippen LogP contribution in [0.15, 0.2) is 0 Å². The van der Waals surface area contributed by atoms with Gasteiger partial charge in [0.1, 0.15) is 6.42 Å². The number of carboxylic acids is 1. The van der Waals surface area contributed by atoms with Gasteiger partial charge in [-0.05, 0) is 0 Å². The molecule has 0 aliphatic heterocycles.